The second-order valence-electron chi connectivity index (χ2n) is 5.51. The first kappa shape index (κ1) is 12.7. The van der Waals surface area contributed by atoms with Gasteiger partial charge in [-0.25, -0.2) is 13.7 Å². The third-order valence-corrected chi connectivity index (χ3v) is 4.64. The molecule has 1 saturated heterocycles. The molecule has 1 aliphatic carbocycles. The van der Waals surface area contributed by atoms with E-state index in [0.717, 1.165) is 17.0 Å². The third kappa shape index (κ3) is 1.52. The highest BCUT2D eigenvalue weighted by Crippen LogP contribution is 2.63. The summed E-state index contributed by atoms with van der Waals surface area (Å²) in [4.78, 5) is 25.0. The third-order valence-electron chi connectivity index (χ3n) is 4.03. The fourth-order valence-corrected chi connectivity index (χ4v) is 3.18. The van der Waals surface area contributed by atoms with E-state index in [1.54, 1.807) is 0 Å². The number of piperidine rings is 1. The number of carbonyl (C=O) groups is 2. The summed E-state index contributed by atoms with van der Waals surface area (Å²) in [7, 11) is 0. The normalized spacial score (nSPS) is 27.7. The minimum absolute atomic E-state index is 0.0432. The second-order valence-corrected chi connectivity index (χ2v) is 6.36. The molecule has 3 nitrogen and oxygen atoms in total. The van der Waals surface area contributed by atoms with Crippen molar-refractivity contribution in [2.24, 2.45) is 17.3 Å². The Morgan fingerprint density at radius 3 is 2.16 bits per heavy atom. The summed E-state index contributed by atoms with van der Waals surface area (Å²) < 4.78 is 27.2. The van der Waals surface area contributed by atoms with Crippen molar-refractivity contribution in [3.8, 4) is 0 Å². The van der Waals surface area contributed by atoms with Crippen molar-refractivity contribution in [1.82, 2.24) is 0 Å². The quantitative estimate of drug-likeness (QED) is 0.587. The zero-order valence-corrected chi connectivity index (χ0v) is 11.8. The smallest absolute Gasteiger partial charge is 0.238 e. The number of amides is 2. The molecule has 0 aromatic heterocycles. The predicted octanol–water partition coefficient (Wildman–Crippen LogP) is 2.87. The van der Waals surface area contributed by atoms with Crippen molar-refractivity contribution in [3.05, 3.63) is 28.2 Å². The van der Waals surface area contributed by atoms with Gasteiger partial charge in [-0.3, -0.25) is 9.59 Å². The number of nitrogens with zero attached hydrogens (tertiary/aromatic N) is 1. The molecule has 1 aliphatic heterocycles. The predicted molar refractivity (Wildman–Crippen MR) is 67.3 cm³/mol. The van der Waals surface area contributed by atoms with Crippen molar-refractivity contribution < 1.29 is 18.4 Å². The minimum atomic E-state index is -0.797. The van der Waals surface area contributed by atoms with Crippen molar-refractivity contribution in [3.63, 3.8) is 0 Å². The Morgan fingerprint density at radius 1 is 1.11 bits per heavy atom. The van der Waals surface area contributed by atoms with Gasteiger partial charge < -0.3 is 0 Å². The topological polar surface area (TPSA) is 37.4 Å². The van der Waals surface area contributed by atoms with Gasteiger partial charge in [0.2, 0.25) is 11.8 Å². The van der Waals surface area contributed by atoms with Crippen LogP contribution in [-0.4, -0.2) is 11.8 Å². The van der Waals surface area contributed by atoms with Crippen LogP contribution in [0.2, 0.25) is 0 Å². The Labute approximate surface area is 116 Å². The van der Waals surface area contributed by atoms with Crippen molar-refractivity contribution in [2.75, 3.05) is 4.90 Å². The highest BCUT2D eigenvalue weighted by Gasteiger charge is 2.72. The maximum atomic E-state index is 13.8. The zero-order chi connectivity index (χ0) is 14.1. The standard InChI is InChI=1S/C13H10BrF2NO2/c1-13(2)9-10(13)12(19)17(11(9)18)8-4-6(15)5(14)3-7(8)16/h3-4,9-10H,1-2H3. The lowest BCUT2D eigenvalue weighted by Gasteiger charge is -2.21. The molecule has 1 saturated carbocycles. The van der Waals surface area contributed by atoms with Gasteiger partial charge in [-0.2, -0.15) is 0 Å². The molecule has 2 amide bonds. The fourth-order valence-electron chi connectivity index (χ4n) is 2.87. The van der Waals surface area contributed by atoms with E-state index >= 15 is 0 Å². The molecule has 0 radical (unpaired) electrons. The van der Waals surface area contributed by atoms with Gasteiger partial charge in [-0.15, -0.1) is 0 Å². The molecule has 2 fully saturated rings. The van der Waals surface area contributed by atoms with E-state index in [2.05, 4.69) is 15.9 Å². The summed E-state index contributed by atoms with van der Waals surface area (Å²) in [5.41, 5.74) is -0.673. The molecule has 6 heteroatoms. The molecular formula is C13H10BrF2NO2. The number of hydrogen-bond acceptors (Lipinski definition) is 2. The summed E-state index contributed by atoms with van der Waals surface area (Å²) >= 11 is 2.85. The largest absolute Gasteiger partial charge is 0.274 e. The van der Waals surface area contributed by atoms with Crippen molar-refractivity contribution in [2.45, 2.75) is 13.8 Å². The van der Waals surface area contributed by atoms with Crippen molar-refractivity contribution >= 4 is 33.4 Å². The van der Waals surface area contributed by atoms with Gasteiger partial charge in [0.15, 0.2) is 0 Å². The first-order chi connectivity index (χ1) is 8.76. The lowest BCUT2D eigenvalue weighted by Crippen LogP contribution is -2.37. The SMILES string of the molecule is CC1(C)C2C(=O)N(c3cc(F)c(Br)cc3F)C(=O)C21. The molecule has 1 aromatic rings. The van der Waals surface area contributed by atoms with Gasteiger partial charge in [0, 0.05) is 6.07 Å². The van der Waals surface area contributed by atoms with E-state index in [9.17, 15) is 18.4 Å². The Hall–Kier alpha value is -1.30. The van der Waals surface area contributed by atoms with Crippen LogP contribution in [0.25, 0.3) is 0 Å². The molecule has 0 N–H and O–H groups in total. The van der Waals surface area contributed by atoms with Gasteiger partial charge in [0.05, 0.1) is 22.0 Å². The van der Waals surface area contributed by atoms with Crippen LogP contribution < -0.4 is 4.90 Å². The maximum Gasteiger partial charge on any atom is 0.238 e. The molecule has 3 rings (SSSR count). The average Bonchev–Trinajstić information content (AvgIpc) is 2.76. The van der Waals surface area contributed by atoms with Crippen LogP contribution in [0.1, 0.15) is 13.8 Å². The molecule has 1 aromatic carbocycles. The summed E-state index contributed by atoms with van der Waals surface area (Å²) in [6.07, 6.45) is 0. The van der Waals surface area contributed by atoms with E-state index in [1.165, 1.54) is 0 Å². The molecule has 2 unspecified atom stereocenters. The van der Waals surface area contributed by atoms with Gasteiger partial charge >= 0.3 is 0 Å². The van der Waals surface area contributed by atoms with Crippen molar-refractivity contribution in [1.29, 1.82) is 0 Å². The molecule has 100 valence electrons. The molecular weight excluding hydrogens is 320 g/mol. The molecule has 0 bridgehead atoms. The molecule has 19 heavy (non-hydrogen) atoms. The van der Waals surface area contributed by atoms with Gasteiger partial charge in [-0.05, 0) is 27.4 Å². The van der Waals surface area contributed by atoms with Crippen LogP contribution in [-0.2, 0) is 9.59 Å². The minimum Gasteiger partial charge on any atom is -0.274 e. The number of hydrogen-bond donors (Lipinski definition) is 0. The van der Waals surface area contributed by atoms with Crippen LogP contribution in [0.15, 0.2) is 16.6 Å². The molecule has 1 heterocycles. The van der Waals surface area contributed by atoms with Crippen LogP contribution in [0.4, 0.5) is 14.5 Å². The zero-order valence-electron chi connectivity index (χ0n) is 10.2. The monoisotopic (exact) mass is 329 g/mol. The Bertz CT molecular complexity index is 605. The summed E-state index contributed by atoms with van der Waals surface area (Å²) in [6, 6.07) is 1.79. The van der Waals surface area contributed by atoms with E-state index < -0.39 is 35.3 Å². The Kier molecular flexibility index (Phi) is 2.43. The Balaban J connectivity index is 2.04. The van der Waals surface area contributed by atoms with E-state index in [4.69, 9.17) is 0 Å². The second kappa shape index (κ2) is 3.62. The number of carbonyl (C=O) groups excluding carboxylic acids is 2. The molecule has 2 atom stereocenters. The summed E-state index contributed by atoms with van der Waals surface area (Å²) in [5, 5.41) is 0. The first-order valence-electron chi connectivity index (χ1n) is 5.79. The van der Waals surface area contributed by atoms with Gasteiger partial charge in [0.1, 0.15) is 11.6 Å². The van der Waals surface area contributed by atoms with E-state index in [0.29, 0.717) is 0 Å². The lowest BCUT2D eigenvalue weighted by atomic mass is 10.1. The van der Waals surface area contributed by atoms with Crippen LogP contribution in [0.5, 0.6) is 0 Å². The number of benzene rings is 1. The Morgan fingerprint density at radius 2 is 1.63 bits per heavy atom. The van der Waals surface area contributed by atoms with Gasteiger partial charge in [-0.1, -0.05) is 13.8 Å². The molecule has 2 aliphatic rings. The lowest BCUT2D eigenvalue weighted by molar-refractivity contribution is -0.125. The summed E-state index contributed by atoms with van der Waals surface area (Å²) in [5.74, 6) is -3.22. The fraction of sp³-hybridized carbons (Fsp3) is 0.385. The number of anilines is 1. The number of rotatable bonds is 1. The highest BCUT2D eigenvalue weighted by atomic mass is 79.9. The number of imide groups is 1. The summed E-state index contributed by atoms with van der Waals surface area (Å²) in [6.45, 7) is 3.65. The van der Waals surface area contributed by atoms with E-state index in [-0.39, 0.29) is 15.6 Å². The van der Waals surface area contributed by atoms with E-state index in [1.807, 2.05) is 13.8 Å². The average molecular weight is 330 g/mol. The van der Waals surface area contributed by atoms with Crippen LogP contribution in [0, 0.1) is 28.9 Å². The highest BCUT2D eigenvalue weighted by molar-refractivity contribution is 9.10. The van der Waals surface area contributed by atoms with Gasteiger partial charge in [0.25, 0.3) is 0 Å². The first-order valence-corrected chi connectivity index (χ1v) is 6.58. The number of halogens is 3. The maximum absolute atomic E-state index is 13.8. The number of fused-ring (bicyclic) bond motifs is 1. The van der Waals surface area contributed by atoms with Crippen LogP contribution >= 0.6 is 15.9 Å². The van der Waals surface area contributed by atoms with Crippen LogP contribution in [0.3, 0.4) is 0 Å². The molecule has 0 spiro atoms.